The molecule has 4 heterocycles. The molecule has 3 aromatic heterocycles. The number of nitro groups is 1. The van der Waals surface area contributed by atoms with Crippen molar-refractivity contribution in [3.63, 3.8) is 0 Å². The summed E-state index contributed by atoms with van der Waals surface area (Å²) in [7, 11) is 0. The standard InChI is InChI=1S/C21H18ClN7O3S/c22-13-3-1-12(2-4-13)18-25-19(27-21(30)16-5-6-17(33-16)29(31)32)15-11-24-28(20(15)26-18)14-7-9-23-10-8-14/h1-6,11,14,23H,7-10H2,(H,25,26,27,30). The lowest BCUT2D eigenvalue weighted by atomic mass is 10.1. The Morgan fingerprint density at radius 2 is 1.94 bits per heavy atom. The number of thiophene rings is 1. The SMILES string of the molecule is O=C(Nc1nc(-c2ccc(Cl)cc2)nc2c1cnn2C1CCNCC1)c1ccc([N+](=O)[O-])s1. The summed E-state index contributed by atoms with van der Waals surface area (Å²) >= 11 is 6.84. The van der Waals surface area contributed by atoms with E-state index >= 15 is 0 Å². The highest BCUT2D eigenvalue weighted by molar-refractivity contribution is 7.17. The minimum atomic E-state index is -0.522. The third kappa shape index (κ3) is 4.30. The molecule has 1 aliphatic rings. The van der Waals surface area contributed by atoms with Gasteiger partial charge in [-0.3, -0.25) is 14.9 Å². The molecule has 12 heteroatoms. The van der Waals surface area contributed by atoms with Gasteiger partial charge in [-0.25, -0.2) is 14.6 Å². The van der Waals surface area contributed by atoms with Gasteiger partial charge < -0.3 is 10.6 Å². The van der Waals surface area contributed by atoms with Gasteiger partial charge in [0.1, 0.15) is 5.82 Å². The summed E-state index contributed by atoms with van der Waals surface area (Å²) in [6.07, 6.45) is 3.48. The molecular formula is C21H18ClN7O3S. The maximum atomic E-state index is 12.9. The van der Waals surface area contributed by atoms with Crippen LogP contribution in [0.15, 0.2) is 42.6 Å². The highest BCUT2D eigenvalue weighted by Crippen LogP contribution is 2.30. The van der Waals surface area contributed by atoms with Crippen molar-refractivity contribution in [3.05, 3.63) is 62.6 Å². The first-order chi connectivity index (χ1) is 16.0. The van der Waals surface area contributed by atoms with E-state index in [4.69, 9.17) is 16.6 Å². The Labute approximate surface area is 196 Å². The van der Waals surface area contributed by atoms with Crippen LogP contribution in [0.4, 0.5) is 10.8 Å². The minimum Gasteiger partial charge on any atom is -0.317 e. The van der Waals surface area contributed by atoms with Crippen molar-refractivity contribution < 1.29 is 9.72 Å². The predicted molar refractivity (Wildman–Crippen MR) is 126 cm³/mol. The number of nitrogens with one attached hydrogen (secondary N) is 2. The first-order valence-corrected chi connectivity index (χ1v) is 11.5. The average molecular weight is 484 g/mol. The van der Waals surface area contributed by atoms with Crippen LogP contribution < -0.4 is 10.6 Å². The van der Waals surface area contributed by atoms with Crippen molar-refractivity contribution in [1.29, 1.82) is 0 Å². The van der Waals surface area contributed by atoms with Crippen LogP contribution in [0.3, 0.4) is 0 Å². The Bertz CT molecular complexity index is 1350. The molecule has 5 rings (SSSR count). The molecule has 2 N–H and O–H groups in total. The minimum absolute atomic E-state index is 0.103. The van der Waals surface area contributed by atoms with E-state index in [2.05, 4.69) is 20.7 Å². The molecule has 1 aliphatic heterocycles. The lowest BCUT2D eigenvalue weighted by Gasteiger charge is -2.23. The van der Waals surface area contributed by atoms with E-state index in [1.807, 2.05) is 16.8 Å². The first kappa shape index (κ1) is 21.4. The normalized spacial score (nSPS) is 14.5. The molecule has 33 heavy (non-hydrogen) atoms. The average Bonchev–Trinajstić information content (AvgIpc) is 3.48. The molecule has 0 bridgehead atoms. The van der Waals surface area contributed by atoms with Gasteiger partial charge in [-0.2, -0.15) is 5.10 Å². The van der Waals surface area contributed by atoms with E-state index in [0.29, 0.717) is 27.7 Å². The van der Waals surface area contributed by atoms with Gasteiger partial charge >= 0.3 is 5.00 Å². The maximum absolute atomic E-state index is 12.9. The molecule has 1 aromatic carbocycles. The molecule has 10 nitrogen and oxygen atoms in total. The van der Waals surface area contributed by atoms with Crippen LogP contribution in [0.5, 0.6) is 0 Å². The fourth-order valence-electron chi connectivity index (χ4n) is 3.78. The lowest BCUT2D eigenvalue weighted by Crippen LogP contribution is -2.30. The zero-order valence-electron chi connectivity index (χ0n) is 17.2. The summed E-state index contributed by atoms with van der Waals surface area (Å²) in [6.45, 7) is 1.78. The molecule has 1 saturated heterocycles. The van der Waals surface area contributed by atoms with Crippen molar-refractivity contribution in [1.82, 2.24) is 25.1 Å². The van der Waals surface area contributed by atoms with Crippen LogP contribution in [0.25, 0.3) is 22.4 Å². The second-order valence-electron chi connectivity index (χ2n) is 7.56. The van der Waals surface area contributed by atoms with Crippen molar-refractivity contribution in [2.45, 2.75) is 18.9 Å². The lowest BCUT2D eigenvalue weighted by molar-refractivity contribution is -0.380. The molecular weight excluding hydrogens is 466 g/mol. The van der Waals surface area contributed by atoms with Gasteiger partial charge in [0.15, 0.2) is 11.5 Å². The number of piperidine rings is 1. The van der Waals surface area contributed by atoms with Crippen LogP contribution in [0.1, 0.15) is 28.6 Å². The first-order valence-electron chi connectivity index (χ1n) is 10.3. The Morgan fingerprint density at radius 1 is 1.18 bits per heavy atom. The fraction of sp³-hybridized carbons (Fsp3) is 0.238. The molecule has 0 unspecified atom stereocenters. The molecule has 0 radical (unpaired) electrons. The molecule has 0 spiro atoms. The Balaban J connectivity index is 1.58. The summed E-state index contributed by atoms with van der Waals surface area (Å²) in [6, 6.07) is 10.0. The number of fused-ring (bicyclic) bond motifs is 1. The van der Waals surface area contributed by atoms with Crippen LogP contribution >= 0.6 is 22.9 Å². The van der Waals surface area contributed by atoms with Gasteiger partial charge in [0.05, 0.1) is 27.4 Å². The van der Waals surface area contributed by atoms with Gasteiger partial charge in [0.2, 0.25) is 0 Å². The van der Waals surface area contributed by atoms with Crippen LogP contribution in [0, 0.1) is 10.1 Å². The number of carbonyl (C=O) groups is 1. The number of halogens is 1. The quantitative estimate of drug-likeness (QED) is 0.320. The number of rotatable bonds is 5. The number of hydrogen-bond donors (Lipinski definition) is 2. The Morgan fingerprint density at radius 3 is 2.64 bits per heavy atom. The van der Waals surface area contributed by atoms with Crippen LogP contribution in [-0.4, -0.2) is 43.7 Å². The van der Waals surface area contributed by atoms with E-state index in [0.717, 1.165) is 42.8 Å². The highest BCUT2D eigenvalue weighted by atomic mass is 35.5. The number of aromatic nitrogens is 4. The summed E-state index contributed by atoms with van der Waals surface area (Å²) in [5, 5.41) is 22.8. The number of hydrogen-bond acceptors (Lipinski definition) is 8. The number of benzene rings is 1. The monoisotopic (exact) mass is 483 g/mol. The fourth-order valence-corrected chi connectivity index (χ4v) is 4.63. The van der Waals surface area contributed by atoms with Gasteiger partial charge in [-0.15, -0.1) is 0 Å². The number of amides is 1. The van der Waals surface area contributed by atoms with Crippen molar-refractivity contribution >= 4 is 50.7 Å². The van der Waals surface area contributed by atoms with Crippen molar-refractivity contribution in [2.75, 3.05) is 18.4 Å². The van der Waals surface area contributed by atoms with E-state index in [-0.39, 0.29) is 15.9 Å². The van der Waals surface area contributed by atoms with E-state index in [9.17, 15) is 14.9 Å². The zero-order chi connectivity index (χ0) is 22.9. The molecule has 0 saturated carbocycles. The Kier molecular flexibility index (Phi) is 5.75. The van der Waals surface area contributed by atoms with Crippen LogP contribution in [0.2, 0.25) is 5.02 Å². The molecule has 0 atom stereocenters. The predicted octanol–water partition coefficient (Wildman–Crippen LogP) is 4.29. The van der Waals surface area contributed by atoms with Crippen LogP contribution in [-0.2, 0) is 0 Å². The van der Waals surface area contributed by atoms with Crippen molar-refractivity contribution in [2.24, 2.45) is 0 Å². The third-order valence-electron chi connectivity index (χ3n) is 5.44. The van der Waals surface area contributed by atoms with E-state index < -0.39 is 10.8 Å². The number of anilines is 1. The molecule has 1 amide bonds. The van der Waals surface area contributed by atoms with Gasteiger partial charge in [-0.05, 0) is 56.3 Å². The zero-order valence-corrected chi connectivity index (χ0v) is 18.8. The maximum Gasteiger partial charge on any atom is 0.324 e. The second kappa shape index (κ2) is 8.85. The summed E-state index contributed by atoms with van der Waals surface area (Å²) in [5.41, 5.74) is 1.36. The van der Waals surface area contributed by atoms with E-state index in [1.54, 1.807) is 18.3 Å². The highest BCUT2D eigenvalue weighted by Gasteiger charge is 2.23. The van der Waals surface area contributed by atoms with Gasteiger partial charge in [-0.1, -0.05) is 22.9 Å². The largest absolute Gasteiger partial charge is 0.324 e. The molecule has 168 valence electrons. The molecule has 0 aliphatic carbocycles. The topological polar surface area (TPSA) is 128 Å². The summed E-state index contributed by atoms with van der Waals surface area (Å²) < 4.78 is 1.89. The third-order valence-corrected chi connectivity index (χ3v) is 6.73. The second-order valence-corrected chi connectivity index (χ2v) is 9.06. The number of carbonyl (C=O) groups excluding carboxylic acids is 1. The van der Waals surface area contributed by atoms with Crippen molar-refractivity contribution in [3.8, 4) is 11.4 Å². The summed E-state index contributed by atoms with van der Waals surface area (Å²) in [5.74, 6) is 0.235. The molecule has 1 fully saturated rings. The smallest absolute Gasteiger partial charge is 0.317 e. The molecule has 4 aromatic rings. The number of nitrogens with zero attached hydrogens (tertiary/aromatic N) is 5. The van der Waals surface area contributed by atoms with Gasteiger partial charge in [0.25, 0.3) is 5.91 Å². The Hall–Kier alpha value is -3.41. The van der Waals surface area contributed by atoms with Gasteiger partial charge in [0, 0.05) is 16.7 Å². The van der Waals surface area contributed by atoms with E-state index in [1.165, 1.54) is 12.1 Å². The summed E-state index contributed by atoms with van der Waals surface area (Å²) in [4.78, 5) is 32.9.